The van der Waals surface area contributed by atoms with Gasteiger partial charge in [0.15, 0.2) is 11.5 Å². The standard InChI is InChI=1S/C18H25NO5/c1-21-10-11-22-12-14-6-8-19(9-7-14)18(20)17-13-23-15-4-2-3-5-16(15)24-17/h2-5,14,17H,6-13H2,1H3. The maximum absolute atomic E-state index is 12.6. The molecule has 24 heavy (non-hydrogen) atoms. The Kier molecular flexibility index (Phi) is 5.93. The molecule has 0 aliphatic carbocycles. The van der Waals surface area contributed by atoms with Crippen LogP contribution < -0.4 is 9.47 Å². The number of nitrogens with zero attached hydrogens (tertiary/aromatic N) is 1. The number of benzene rings is 1. The summed E-state index contributed by atoms with van der Waals surface area (Å²) in [6.07, 6.45) is 1.38. The van der Waals surface area contributed by atoms with Crippen LogP contribution in [0.3, 0.4) is 0 Å². The Labute approximate surface area is 142 Å². The monoisotopic (exact) mass is 335 g/mol. The van der Waals surface area contributed by atoms with Crippen molar-refractivity contribution in [2.24, 2.45) is 5.92 Å². The first-order valence-corrected chi connectivity index (χ1v) is 8.52. The molecule has 1 aromatic carbocycles. The highest BCUT2D eigenvalue weighted by Gasteiger charge is 2.33. The highest BCUT2D eigenvalue weighted by atomic mass is 16.6. The van der Waals surface area contributed by atoms with Crippen LogP contribution >= 0.6 is 0 Å². The molecule has 0 aromatic heterocycles. The third-order valence-corrected chi connectivity index (χ3v) is 4.50. The highest BCUT2D eigenvalue weighted by molar-refractivity contribution is 5.82. The van der Waals surface area contributed by atoms with Crippen molar-refractivity contribution < 1.29 is 23.7 Å². The summed E-state index contributed by atoms with van der Waals surface area (Å²) in [7, 11) is 1.67. The topological polar surface area (TPSA) is 57.2 Å². The van der Waals surface area contributed by atoms with Crippen molar-refractivity contribution in [3.05, 3.63) is 24.3 Å². The van der Waals surface area contributed by atoms with Gasteiger partial charge < -0.3 is 23.8 Å². The lowest BCUT2D eigenvalue weighted by Gasteiger charge is -2.35. The lowest BCUT2D eigenvalue weighted by molar-refractivity contribution is -0.143. The number of piperidine rings is 1. The first-order valence-electron chi connectivity index (χ1n) is 8.52. The summed E-state index contributed by atoms with van der Waals surface area (Å²) in [5.41, 5.74) is 0. The molecule has 0 radical (unpaired) electrons. The number of likely N-dealkylation sites (tertiary alicyclic amines) is 1. The van der Waals surface area contributed by atoms with Gasteiger partial charge >= 0.3 is 0 Å². The zero-order valence-electron chi connectivity index (χ0n) is 14.1. The van der Waals surface area contributed by atoms with Gasteiger partial charge in [-0.2, -0.15) is 0 Å². The van der Waals surface area contributed by atoms with E-state index in [1.54, 1.807) is 7.11 Å². The molecule has 6 nitrogen and oxygen atoms in total. The van der Waals surface area contributed by atoms with E-state index in [9.17, 15) is 4.79 Å². The lowest BCUT2D eigenvalue weighted by atomic mass is 9.97. The molecule has 0 bridgehead atoms. The minimum Gasteiger partial charge on any atom is -0.485 e. The average Bonchev–Trinajstić information content (AvgIpc) is 2.65. The van der Waals surface area contributed by atoms with Gasteiger partial charge in [0.1, 0.15) is 6.61 Å². The van der Waals surface area contributed by atoms with E-state index >= 15 is 0 Å². The molecular formula is C18H25NO5. The fourth-order valence-corrected chi connectivity index (χ4v) is 3.06. The molecule has 0 saturated carbocycles. The minimum atomic E-state index is -0.547. The number of amides is 1. The Morgan fingerprint density at radius 2 is 1.96 bits per heavy atom. The number of rotatable bonds is 6. The molecule has 132 valence electrons. The average molecular weight is 335 g/mol. The number of fused-ring (bicyclic) bond motifs is 1. The molecule has 1 fully saturated rings. The Bertz CT molecular complexity index is 542. The molecule has 6 heteroatoms. The van der Waals surface area contributed by atoms with E-state index in [4.69, 9.17) is 18.9 Å². The van der Waals surface area contributed by atoms with E-state index in [2.05, 4.69) is 0 Å². The van der Waals surface area contributed by atoms with Crippen LogP contribution in [0, 0.1) is 5.92 Å². The summed E-state index contributed by atoms with van der Waals surface area (Å²) in [6.45, 7) is 3.76. The van der Waals surface area contributed by atoms with Gasteiger partial charge in [-0.15, -0.1) is 0 Å². The number of methoxy groups -OCH3 is 1. The van der Waals surface area contributed by atoms with Gasteiger partial charge in [-0.3, -0.25) is 4.79 Å². The summed E-state index contributed by atoms with van der Waals surface area (Å²) in [5, 5.41) is 0. The summed E-state index contributed by atoms with van der Waals surface area (Å²) >= 11 is 0. The van der Waals surface area contributed by atoms with E-state index in [0.717, 1.165) is 32.5 Å². The summed E-state index contributed by atoms with van der Waals surface area (Å²) in [5.74, 6) is 1.87. The second-order valence-electron chi connectivity index (χ2n) is 6.20. The van der Waals surface area contributed by atoms with Crippen LogP contribution in [-0.2, 0) is 14.3 Å². The molecule has 2 aliphatic heterocycles. The van der Waals surface area contributed by atoms with Gasteiger partial charge in [-0.25, -0.2) is 0 Å². The van der Waals surface area contributed by atoms with E-state index in [-0.39, 0.29) is 12.5 Å². The predicted octanol–water partition coefficient (Wildman–Crippen LogP) is 1.73. The third-order valence-electron chi connectivity index (χ3n) is 4.50. The Balaban J connectivity index is 1.44. The van der Waals surface area contributed by atoms with Crippen molar-refractivity contribution in [1.82, 2.24) is 4.90 Å². The smallest absolute Gasteiger partial charge is 0.267 e. The molecule has 1 atom stereocenters. The van der Waals surface area contributed by atoms with Gasteiger partial charge in [0, 0.05) is 26.8 Å². The normalized spacial score (nSPS) is 20.9. The van der Waals surface area contributed by atoms with Crippen LogP contribution in [0.4, 0.5) is 0 Å². The molecule has 3 rings (SSSR count). The van der Waals surface area contributed by atoms with E-state index in [0.29, 0.717) is 30.6 Å². The van der Waals surface area contributed by atoms with Crippen molar-refractivity contribution in [1.29, 1.82) is 0 Å². The van der Waals surface area contributed by atoms with Crippen LogP contribution in [0.15, 0.2) is 24.3 Å². The van der Waals surface area contributed by atoms with Crippen molar-refractivity contribution in [3.8, 4) is 11.5 Å². The number of carbonyl (C=O) groups excluding carboxylic acids is 1. The van der Waals surface area contributed by atoms with Crippen molar-refractivity contribution in [3.63, 3.8) is 0 Å². The van der Waals surface area contributed by atoms with Crippen molar-refractivity contribution in [2.75, 3.05) is 46.6 Å². The Morgan fingerprint density at radius 3 is 2.71 bits per heavy atom. The zero-order valence-corrected chi connectivity index (χ0v) is 14.1. The highest BCUT2D eigenvalue weighted by Crippen LogP contribution is 2.31. The van der Waals surface area contributed by atoms with Gasteiger partial charge in [0.05, 0.1) is 13.2 Å². The molecule has 1 saturated heterocycles. The van der Waals surface area contributed by atoms with E-state index in [1.165, 1.54) is 0 Å². The number of hydrogen-bond donors (Lipinski definition) is 0. The molecule has 1 amide bonds. The first kappa shape index (κ1) is 17.0. The number of carbonyl (C=O) groups is 1. The lowest BCUT2D eigenvalue weighted by Crippen LogP contribution is -2.49. The van der Waals surface area contributed by atoms with Gasteiger partial charge in [-0.05, 0) is 30.9 Å². The van der Waals surface area contributed by atoms with Gasteiger partial charge in [-0.1, -0.05) is 12.1 Å². The summed E-state index contributed by atoms with van der Waals surface area (Å²) in [4.78, 5) is 14.5. The summed E-state index contributed by atoms with van der Waals surface area (Å²) < 4.78 is 22.0. The second kappa shape index (κ2) is 8.35. The van der Waals surface area contributed by atoms with Crippen LogP contribution in [-0.4, -0.2) is 63.5 Å². The third kappa shape index (κ3) is 4.19. The van der Waals surface area contributed by atoms with E-state index < -0.39 is 6.10 Å². The van der Waals surface area contributed by atoms with Gasteiger partial charge in [0.2, 0.25) is 6.10 Å². The first-order chi connectivity index (χ1) is 11.8. The zero-order chi connectivity index (χ0) is 16.8. The predicted molar refractivity (Wildman–Crippen MR) is 88.4 cm³/mol. The fraction of sp³-hybridized carbons (Fsp3) is 0.611. The molecule has 0 spiro atoms. The molecule has 1 unspecified atom stereocenters. The van der Waals surface area contributed by atoms with Crippen LogP contribution in [0.1, 0.15) is 12.8 Å². The summed E-state index contributed by atoms with van der Waals surface area (Å²) in [6, 6.07) is 7.46. The largest absolute Gasteiger partial charge is 0.485 e. The number of ether oxygens (including phenoxy) is 4. The molecule has 2 aliphatic rings. The maximum Gasteiger partial charge on any atom is 0.267 e. The fourth-order valence-electron chi connectivity index (χ4n) is 3.06. The van der Waals surface area contributed by atoms with Crippen LogP contribution in [0.5, 0.6) is 11.5 Å². The van der Waals surface area contributed by atoms with Crippen molar-refractivity contribution in [2.45, 2.75) is 18.9 Å². The number of hydrogen-bond acceptors (Lipinski definition) is 5. The van der Waals surface area contributed by atoms with Gasteiger partial charge in [0.25, 0.3) is 5.91 Å². The van der Waals surface area contributed by atoms with Crippen LogP contribution in [0.25, 0.3) is 0 Å². The second-order valence-corrected chi connectivity index (χ2v) is 6.20. The quantitative estimate of drug-likeness (QED) is 0.741. The van der Waals surface area contributed by atoms with Crippen molar-refractivity contribution >= 4 is 5.91 Å². The number of para-hydroxylation sites is 2. The van der Waals surface area contributed by atoms with E-state index in [1.807, 2.05) is 29.2 Å². The Morgan fingerprint density at radius 1 is 1.21 bits per heavy atom. The molecule has 0 N–H and O–H groups in total. The molecule has 2 heterocycles. The SMILES string of the molecule is COCCOCC1CCN(C(=O)C2COc3ccccc3O2)CC1. The minimum absolute atomic E-state index is 0.0169. The Hall–Kier alpha value is -1.79. The molecular weight excluding hydrogens is 310 g/mol. The van der Waals surface area contributed by atoms with Crippen LogP contribution in [0.2, 0.25) is 0 Å². The molecule has 1 aromatic rings. The maximum atomic E-state index is 12.6.